The van der Waals surface area contributed by atoms with E-state index in [9.17, 15) is 5.11 Å². The van der Waals surface area contributed by atoms with Crippen molar-refractivity contribution in [3.8, 4) is 11.5 Å². The lowest BCUT2D eigenvalue weighted by atomic mass is 10.0. The summed E-state index contributed by atoms with van der Waals surface area (Å²) in [4.78, 5) is 0. The zero-order valence-electron chi connectivity index (χ0n) is 8.94. The monoisotopic (exact) mass is 307 g/mol. The highest BCUT2D eigenvalue weighted by Gasteiger charge is 2.14. The number of ether oxygens (including phenoxy) is 1. The minimum atomic E-state index is -0.270. The van der Waals surface area contributed by atoms with E-state index in [0.717, 1.165) is 4.47 Å². The summed E-state index contributed by atoms with van der Waals surface area (Å²) in [6, 6.07) is 3.21. The normalized spacial score (nSPS) is 11.4. The number of aromatic hydroxyl groups is 1. The molecule has 5 heteroatoms. The van der Waals surface area contributed by atoms with Crippen LogP contribution in [0.4, 0.5) is 0 Å². The third kappa shape index (κ3) is 3.40. The number of benzene rings is 1. The molecule has 90 valence electrons. The van der Waals surface area contributed by atoms with E-state index in [4.69, 9.17) is 10.5 Å². The van der Waals surface area contributed by atoms with Gasteiger partial charge in [-0.05, 0) is 18.6 Å². The number of methoxy groups -OCH3 is 1. The summed E-state index contributed by atoms with van der Waals surface area (Å²) in [7, 11) is 1.50. The lowest BCUT2D eigenvalue weighted by Crippen LogP contribution is -2.09. The molecule has 1 aromatic rings. The van der Waals surface area contributed by atoms with E-state index in [1.807, 2.05) is 0 Å². The van der Waals surface area contributed by atoms with Crippen molar-refractivity contribution in [1.29, 1.82) is 0 Å². The molecule has 3 nitrogen and oxygen atoms in total. The van der Waals surface area contributed by atoms with Gasteiger partial charge in [-0.2, -0.15) is 0 Å². The number of phenols is 1. The quantitative estimate of drug-likeness (QED) is 0.840. The van der Waals surface area contributed by atoms with Gasteiger partial charge in [-0.3, -0.25) is 0 Å². The molecule has 0 fully saturated rings. The average Bonchev–Trinajstić information content (AvgIpc) is 2.21. The summed E-state index contributed by atoms with van der Waals surface area (Å²) in [6.07, 6.45) is 2.32. The van der Waals surface area contributed by atoms with E-state index < -0.39 is 0 Å². The van der Waals surface area contributed by atoms with Gasteiger partial charge in [0.2, 0.25) is 0 Å². The Morgan fingerprint density at radius 2 is 2.25 bits per heavy atom. The van der Waals surface area contributed by atoms with Crippen molar-refractivity contribution < 1.29 is 9.84 Å². The average molecular weight is 309 g/mol. The summed E-state index contributed by atoms with van der Waals surface area (Å²) in [6.45, 7) is 3.62. The number of rotatable bonds is 4. The molecule has 0 saturated heterocycles. The van der Waals surface area contributed by atoms with Crippen molar-refractivity contribution in [3.63, 3.8) is 0 Å². The van der Waals surface area contributed by atoms with Crippen LogP contribution in [0.25, 0.3) is 0 Å². The molecule has 0 aromatic heterocycles. The highest BCUT2D eigenvalue weighted by molar-refractivity contribution is 9.10. The summed E-state index contributed by atoms with van der Waals surface area (Å²) < 4.78 is 5.86. The van der Waals surface area contributed by atoms with Gasteiger partial charge in [0, 0.05) is 16.1 Å². The number of halogens is 2. The molecule has 0 heterocycles. The van der Waals surface area contributed by atoms with Crippen LogP contribution in [0.5, 0.6) is 11.5 Å². The van der Waals surface area contributed by atoms with Gasteiger partial charge < -0.3 is 15.6 Å². The van der Waals surface area contributed by atoms with E-state index >= 15 is 0 Å². The van der Waals surface area contributed by atoms with Crippen LogP contribution in [0.15, 0.2) is 29.3 Å². The van der Waals surface area contributed by atoms with Crippen LogP contribution in [0.1, 0.15) is 18.0 Å². The second kappa shape index (κ2) is 6.78. The van der Waals surface area contributed by atoms with Crippen LogP contribution < -0.4 is 10.5 Å². The molecular weight excluding hydrogens is 293 g/mol. The highest BCUT2D eigenvalue weighted by Crippen LogP contribution is 2.37. The molecule has 0 radical (unpaired) electrons. The maximum atomic E-state index is 9.85. The molecule has 3 N–H and O–H groups in total. The minimum absolute atomic E-state index is 0. The molecule has 1 rings (SSSR count). The molecule has 0 spiro atoms. The summed E-state index contributed by atoms with van der Waals surface area (Å²) in [5.74, 6) is 0.508. The third-order valence-electron chi connectivity index (χ3n) is 2.11. The van der Waals surface area contributed by atoms with Crippen molar-refractivity contribution in [2.75, 3.05) is 7.11 Å². The van der Waals surface area contributed by atoms with Crippen molar-refractivity contribution in [3.05, 3.63) is 34.8 Å². The van der Waals surface area contributed by atoms with Crippen LogP contribution >= 0.6 is 28.3 Å². The smallest absolute Gasteiger partial charge is 0.162 e. The molecule has 0 unspecified atom stereocenters. The zero-order valence-corrected chi connectivity index (χ0v) is 11.3. The highest BCUT2D eigenvalue weighted by atomic mass is 79.9. The van der Waals surface area contributed by atoms with Crippen LogP contribution in [0.2, 0.25) is 0 Å². The van der Waals surface area contributed by atoms with Gasteiger partial charge >= 0.3 is 0 Å². The van der Waals surface area contributed by atoms with E-state index in [1.165, 1.54) is 7.11 Å². The molecule has 0 aliphatic carbocycles. The first-order chi connectivity index (χ1) is 7.10. The van der Waals surface area contributed by atoms with Crippen LogP contribution in [0, 0.1) is 0 Å². The summed E-state index contributed by atoms with van der Waals surface area (Å²) in [5, 5.41) is 9.85. The summed E-state index contributed by atoms with van der Waals surface area (Å²) >= 11 is 3.33. The Kier molecular flexibility index (Phi) is 6.48. The predicted molar refractivity (Wildman–Crippen MR) is 71.3 cm³/mol. The Morgan fingerprint density at radius 3 is 2.75 bits per heavy atom. The molecule has 0 amide bonds. The Labute approximate surface area is 110 Å². The first kappa shape index (κ1) is 15.3. The fourth-order valence-corrected chi connectivity index (χ4v) is 1.79. The van der Waals surface area contributed by atoms with Crippen LogP contribution in [-0.4, -0.2) is 12.2 Å². The number of phenolic OH excluding ortho intramolecular Hbond substituents is 1. The van der Waals surface area contributed by atoms with Crippen LogP contribution in [-0.2, 0) is 0 Å². The van der Waals surface area contributed by atoms with Crippen molar-refractivity contribution in [2.24, 2.45) is 5.73 Å². The van der Waals surface area contributed by atoms with Crippen molar-refractivity contribution in [1.82, 2.24) is 0 Å². The number of hydrogen-bond donors (Lipinski definition) is 2. The molecule has 0 aliphatic rings. The van der Waals surface area contributed by atoms with E-state index in [0.29, 0.717) is 17.7 Å². The SMILES string of the molecule is C=CC[C@H](N)c1cc(Br)cc(OC)c1O.Cl. The number of hydrogen-bond acceptors (Lipinski definition) is 3. The zero-order chi connectivity index (χ0) is 11.4. The van der Waals surface area contributed by atoms with Crippen molar-refractivity contribution in [2.45, 2.75) is 12.5 Å². The molecular formula is C11H15BrClNO2. The van der Waals surface area contributed by atoms with E-state index in [2.05, 4.69) is 22.5 Å². The second-order valence-corrected chi connectivity index (χ2v) is 4.09. The number of nitrogens with two attached hydrogens (primary N) is 1. The topological polar surface area (TPSA) is 55.5 Å². The molecule has 0 saturated carbocycles. The van der Waals surface area contributed by atoms with Gasteiger partial charge in [0.25, 0.3) is 0 Å². The fourth-order valence-electron chi connectivity index (χ4n) is 1.34. The van der Waals surface area contributed by atoms with Gasteiger partial charge in [0.15, 0.2) is 11.5 Å². The maximum absolute atomic E-state index is 9.85. The Bertz CT molecular complexity index is 371. The maximum Gasteiger partial charge on any atom is 0.162 e. The first-order valence-corrected chi connectivity index (χ1v) is 5.32. The molecule has 1 atom stereocenters. The minimum Gasteiger partial charge on any atom is -0.504 e. The largest absolute Gasteiger partial charge is 0.504 e. The molecule has 0 aliphatic heterocycles. The fraction of sp³-hybridized carbons (Fsp3) is 0.273. The van der Waals surface area contributed by atoms with Gasteiger partial charge in [0.05, 0.1) is 7.11 Å². The molecule has 0 bridgehead atoms. The first-order valence-electron chi connectivity index (χ1n) is 4.53. The van der Waals surface area contributed by atoms with E-state index in [-0.39, 0.29) is 24.2 Å². The Hall–Kier alpha value is -0.710. The van der Waals surface area contributed by atoms with Gasteiger partial charge in [-0.25, -0.2) is 0 Å². The summed E-state index contributed by atoms with van der Waals surface area (Å²) in [5.41, 5.74) is 6.55. The predicted octanol–water partition coefficient (Wildman–Crippen LogP) is 3.16. The Morgan fingerprint density at radius 1 is 1.62 bits per heavy atom. The van der Waals surface area contributed by atoms with Crippen LogP contribution in [0.3, 0.4) is 0 Å². The molecule has 16 heavy (non-hydrogen) atoms. The Balaban J connectivity index is 0.00000225. The molecule has 1 aromatic carbocycles. The van der Waals surface area contributed by atoms with Gasteiger partial charge in [-0.1, -0.05) is 22.0 Å². The standard InChI is InChI=1S/C11H14BrNO2.ClH/c1-3-4-9(13)8-5-7(12)6-10(15-2)11(8)14;/h3,5-6,9,14H,1,4,13H2,2H3;1H/t9-;/m0./s1. The second-order valence-electron chi connectivity index (χ2n) is 3.18. The third-order valence-corrected chi connectivity index (χ3v) is 2.57. The lowest BCUT2D eigenvalue weighted by molar-refractivity contribution is 0.368. The lowest BCUT2D eigenvalue weighted by Gasteiger charge is -2.14. The van der Waals surface area contributed by atoms with Crippen molar-refractivity contribution >= 4 is 28.3 Å². The van der Waals surface area contributed by atoms with Gasteiger partial charge in [-0.15, -0.1) is 19.0 Å². The van der Waals surface area contributed by atoms with Gasteiger partial charge in [0.1, 0.15) is 0 Å². The van der Waals surface area contributed by atoms with E-state index in [1.54, 1.807) is 18.2 Å².